The fourth-order valence-electron chi connectivity index (χ4n) is 2.60. The van der Waals surface area contributed by atoms with Crippen molar-refractivity contribution in [2.24, 2.45) is 5.92 Å². The molecule has 1 aliphatic rings. The molecule has 3 nitrogen and oxygen atoms in total. The minimum Gasteiger partial charge on any atom is -0.497 e. The van der Waals surface area contributed by atoms with E-state index in [1.165, 1.54) is 32.1 Å². The summed E-state index contributed by atoms with van der Waals surface area (Å²) in [4.78, 5) is 11.6. The lowest BCUT2D eigenvalue weighted by Gasteiger charge is -2.22. The van der Waals surface area contributed by atoms with Gasteiger partial charge in [-0.2, -0.15) is 0 Å². The molecule has 1 aromatic carbocycles. The Morgan fingerprint density at radius 2 is 2.00 bits per heavy atom. The van der Waals surface area contributed by atoms with Crippen molar-refractivity contribution < 1.29 is 14.3 Å². The average molecular weight is 262 g/mol. The van der Waals surface area contributed by atoms with Gasteiger partial charge in [0.15, 0.2) is 5.78 Å². The lowest BCUT2D eigenvalue weighted by Crippen LogP contribution is -2.16. The lowest BCUT2D eigenvalue weighted by molar-refractivity contribution is 0.101. The van der Waals surface area contributed by atoms with E-state index in [0.717, 1.165) is 5.75 Å². The SMILES string of the molecule is COc1ccc(C(C)=O)c(OCC2CCCCC2)c1. The molecule has 1 aromatic rings. The quantitative estimate of drug-likeness (QED) is 0.756. The second kappa shape index (κ2) is 6.60. The Bertz CT molecular complexity index is 434. The van der Waals surface area contributed by atoms with Crippen LogP contribution < -0.4 is 9.47 Å². The fraction of sp³-hybridized carbons (Fsp3) is 0.562. The number of ether oxygens (including phenoxy) is 2. The molecule has 0 atom stereocenters. The highest BCUT2D eigenvalue weighted by Crippen LogP contribution is 2.28. The van der Waals surface area contributed by atoms with Crippen LogP contribution in [-0.4, -0.2) is 19.5 Å². The van der Waals surface area contributed by atoms with Crippen molar-refractivity contribution in [3.63, 3.8) is 0 Å². The molecule has 0 aliphatic heterocycles. The molecule has 19 heavy (non-hydrogen) atoms. The Hall–Kier alpha value is -1.51. The summed E-state index contributed by atoms with van der Waals surface area (Å²) in [5.41, 5.74) is 0.636. The maximum Gasteiger partial charge on any atom is 0.163 e. The second-order valence-corrected chi connectivity index (χ2v) is 5.23. The van der Waals surface area contributed by atoms with Crippen LogP contribution in [0.2, 0.25) is 0 Å². The molecule has 0 amide bonds. The summed E-state index contributed by atoms with van der Waals surface area (Å²) >= 11 is 0. The second-order valence-electron chi connectivity index (χ2n) is 5.23. The zero-order valence-corrected chi connectivity index (χ0v) is 11.8. The number of carbonyl (C=O) groups excluding carboxylic acids is 1. The smallest absolute Gasteiger partial charge is 0.163 e. The number of hydrogen-bond donors (Lipinski definition) is 0. The van der Waals surface area contributed by atoms with Gasteiger partial charge in [-0.25, -0.2) is 0 Å². The van der Waals surface area contributed by atoms with E-state index >= 15 is 0 Å². The molecule has 0 bridgehead atoms. The van der Waals surface area contributed by atoms with Crippen LogP contribution in [0.15, 0.2) is 18.2 Å². The molecule has 1 aliphatic carbocycles. The number of methoxy groups -OCH3 is 1. The van der Waals surface area contributed by atoms with Crippen molar-refractivity contribution in [2.75, 3.05) is 13.7 Å². The van der Waals surface area contributed by atoms with Crippen LogP contribution in [0.5, 0.6) is 11.5 Å². The summed E-state index contributed by atoms with van der Waals surface area (Å²) in [6.07, 6.45) is 6.41. The van der Waals surface area contributed by atoms with Crippen molar-refractivity contribution in [3.8, 4) is 11.5 Å². The number of Topliss-reactive ketones (excluding diaryl/α,β-unsaturated/α-hetero) is 1. The molecular weight excluding hydrogens is 240 g/mol. The van der Waals surface area contributed by atoms with Crippen LogP contribution in [0.3, 0.4) is 0 Å². The maximum absolute atomic E-state index is 11.6. The van der Waals surface area contributed by atoms with Crippen LogP contribution in [0.4, 0.5) is 0 Å². The zero-order chi connectivity index (χ0) is 13.7. The fourth-order valence-corrected chi connectivity index (χ4v) is 2.60. The van der Waals surface area contributed by atoms with Crippen molar-refractivity contribution in [2.45, 2.75) is 39.0 Å². The Morgan fingerprint density at radius 1 is 1.26 bits per heavy atom. The minimum absolute atomic E-state index is 0.0290. The molecule has 0 radical (unpaired) electrons. The van der Waals surface area contributed by atoms with Gasteiger partial charge in [-0.1, -0.05) is 19.3 Å². The molecule has 104 valence electrons. The first-order valence-electron chi connectivity index (χ1n) is 7.02. The highest BCUT2D eigenvalue weighted by atomic mass is 16.5. The van der Waals surface area contributed by atoms with Crippen LogP contribution in [-0.2, 0) is 0 Å². The van der Waals surface area contributed by atoms with E-state index in [4.69, 9.17) is 9.47 Å². The predicted molar refractivity (Wildman–Crippen MR) is 75.1 cm³/mol. The number of benzene rings is 1. The average Bonchev–Trinajstić information content (AvgIpc) is 2.45. The van der Waals surface area contributed by atoms with E-state index in [9.17, 15) is 4.79 Å². The third kappa shape index (κ3) is 3.72. The van der Waals surface area contributed by atoms with Gasteiger partial charge in [-0.3, -0.25) is 4.79 Å². The molecule has 0 N–H and O–H groups in total. The molecular formula is C16H22O3. The number of carbonyl (C=O) groups is 1. The number of hydrogen-bond acceptors (Lipinski definition) is 3. The van der Waals surface area contributed by atoms with Crippen molar-refractivity contribution in [1.29, 1.82) is 0 Å². The summed E-state index contributed by atoms with van der Waals surface area (Å²) in [6.45, 7) is 2.27. The van der Waals surface area contributed by atoms with Crippen LogP contribution in [0, 0.1) is 5.92 Å². The van der Waals surface area contributed by atoms with E-state index in [2.05, 4.69) is 0 Å². The molecule has 0 aromatic heterocycles. The first-order valence-corrected chi connectivity index (χ1v) is 7.02. The van der Waals surface area contributed by atoms with Gasteiger partial charge in [0.1, 0.15) is 11.5 Å². The molecule has 0 saturated heterocycles. The summed E-state index contributed by atoms with van der Waals surface area (Å²) in [6, 6.07) is 5.38. The first kappa shape index (κ1) is 13.9. The summed E-state index contributed by atoms with van der Waals surface area (Å²) in [5, 5.41) is 0. The summed E-state index contributed by atoms with van der Waals surface area (Å²) in [7, 11) is 1.62. The number of ketones is 1. The van der Waals surface area contributed by atoms with Crippen molar-refractivity contribution >= 4 is 5.78 Å². The highest BCUT2D eigenvalue weighted by molar-refractivity contribution is 5.97. The van der Waals surface area contributed by atoms with E-state index < -0.39 is 0 Å². The molecule has 1 saturated carbocycles. The van der Waals surface area contributed by atoms with Crippen LogP contribution in [0.25, 0.3) is 0 Å². The van der Waals surface area contributed by atoms with Gasteiger partial charge >= 0.3 is 0 Å². The predicted octanol–water partition coefficient (Wildman–Crippen LogP) is 3.86. The van der Waals surface area contributed by atoms with Gasteiger partial charge in [0.2, 0.25) is 0 Å². The van der Waals surface area contributed by atoms with Gasteiger partial charge in [0.05, 0.1) is 19.3 Å². The van der Waals surface area contributed by atoms with Gasteiger partial charge in [-0.05, 0) is 37.8 Å². The number of rotatable bonds is 5. The van der Waals surface area contributed by atoms with Crippen LogP contribution >= 0.6 is 0 Å². The Labute approximate surface area is 114 Å². The Kier molecular flexibility index (Phi) is 4.83. The van der Waals surface area contributed by atoms with E-state index in [-0.39, 0.29) is 5.78 Å². The third-order valence-corrected chi connectivity index (χ3v) is 3.77. The topological polar surface area (TPSA) is 35.5 Å². The first-order chi connectivity index (χ1) is 9.20. The molecule has 2 rings (SSSR count). The maximum atomic E-state index is 11.6. The van der Waals surface area contributed by atoms with Gasteiger partial charge < -0.3 is 9.47 Å². The minimum atomic E-state index is 0.0290. The molecule has 3 heteroatoms. The molecule has 0 heterocycles. The van der Waals surface area contributed by atoms with Gasteiger partial charge in [0, 0.05) is 6.07 Å². The van der Waals surface area contributed by atoms with E-state index in [1.54, 1.807) is 32.2 Å². The third-order valence-electron chi connectivity index (χ3n) is 3.77. The van der Waals surface area contributed by atoms with E-state index in [0.29, 0.717) is 23.8 Å². The zero-order valence-electron chi connectivity index (χ0n) is 11.8. The summed E-state index contributed by atoms with van der Waals surface area (Å²) in [5.74, 6) is 2.03. The molecule has 1 fully saturated rings. The molecule has 0 spiro atoms. The van der Waals surface area contributed by atoms with Gasteiger partial charge in [0.25, 0.3) is 0 Å². The lowest BCUT2D eigenvalue weighted by atomic mass is 9.90. The Morgan fingerprint density at radius 3 is 2.63 bits per heavy atom. The normalized spacial score (nSPS) is 16.1. The standard InChI is InChI=1S/C16H22O3/c1-12(17)15-9-8-14(18-2)10-16(15)19-11-13-6-4-3-5-7-13/h8-10,13H,3-7,11H2,1-2H3. The van der Waals surface area contributed by atoms with Crippen LogP contribution in [0.1, 0.15) is 49.4 Å². The van der Waals surface area contributed by atoms with Gasteiger partial charge in [-0.15, -0.1) is 0 Å². The van der Waals surface area contributed by atoms with E-state index in [1.807, 2.05) is 0 Å². The highest BCUT2D eigenvalue weighted by Gasteiger charge is 2.16. The molecule has 0 unspecified atom stereocenters. The monoisotopic (exact) mass is 262 g/mol. The van der Waals surface area contributed by atoms with Crippen molar-refractivity contribution in [3.05, 3.63) is 23.8 Å². The summed E-state index contributed by atoms with van der Waals surface area (Å²) < 4.78 is 11.1. The van der Waals surface area contributed by atoms with Crippen molar-refractivity contribution in [1.82, 2.24) is 0 Å². The Balaban J connectivity index is 2.06. The largest absolute Gasteiger partial charge is 0.497 e.